The van der Waals surface area contributed by atoms with Crippen molar-refractivity contribution >= 4 is 27.3 Å². The molecule has 0 radical (unpaired) electrons. The molecule has 7 heteroatoms. The monoisotopic (exact) mass is 317 g/mol. The molecule has 2 N–H and O–H groups in total. The maximum atomic E-state index is 12.2. The number of hydrogen-bond acceptors (Lipinski definition) is 4. The molecule has 20 heavy (non-hydrogen) atoms. The zero-order chi connectivity index (χ0) is 15.0. The van der Waals surface area contributed by atoms with E-state index in [4.69, 9.17) is 5.11 Å². The van der Waals surface area contributed by atoms with Crippen LogP contribution in [0.1, 0.15) is 49.2 Å². The van der Waals surface area contributed by atoms with Gasteiger partial charge in [0.2, 0.25) is 10.0 Å². The third kappa shape index (κ3) is 3.59. The third-order valence-corrected chi connectivity index (χ3v) is 6.80. The summed E-state index contributed by atoms with van der Waals surface area (Å²) in [7, 11) is -3.60. The Bertz CT molecular complexity index is 594. The van der Waals surface area contributed by atoms with Crippen LogP contribution in [0.5, 0.6) is 0 Å². The van der Waals surface area contributed by atoms with Gasteiger partial charge in [0.15, 0.2) is 0 Å². The summed E-state index contributed by atoms with van der Waals surface area (Å²) < 4.78 is 27.2. The van der Waals surface area contributed by atoms with Crippen LogP contribution in [-0.2, 0) is 10.0 Å². The standard InChI is InChI=1S/C13H19NO4S2/c1-13(2)7-5-9(6-8-13)14-20(17,18)11-4-3-10(19-11)12(15)16/h3-4,9,14H,5-8H2,1-2H3,(H,15,16). The SMILES string of the molecule is CC1(C)CCC(NS(=O)(=O)c2ccc(C(=O)O)s2)CC1. The lowest BCUT2D eigenvalue weighted by atomic mass is 9.76. The molecule has 5 nitrogen and oxygen atoms in total. The number of nitrogens with one attached hydrogen (secondary N) is 1. The van der Waals surface area contributed by atoms with E-state index in [0.717, 1.165) is 37.0 Å². The predicted octanol–water partition coefficient (Wildman–Crippen LogP) is 2.69. The highest BCUT2D eigenvalue weighted by Gasteiger charge is 2.30. The first-order valence-corrected chi connectivity index (χ1v) is 8.85. The fourth-order valence-corrected chi connectivity index (χ4v) is 4.84. The van der Waals surface area contributed by atoms with Crippen LogP contribution in [0.25, 0.3) is 0 Å². The van der Waals surface area contributed by atoms with Gasteiger partial charge in [0, 0.05) is 6.04 Å². The number of rotatable bonds is 4. The molecule has 0 unspecified atom stereocenters. The van der Waals surface area contributed by atoms with Gasteiger partial charge >= 0.3 is 5.97 Å². The van der Waals surface area contributed by atoms with E-state index in [-0.39, 0.29) is 20.5 Å². The smallest absolute Gasteiger partial charge is 0.345 e. The highest BCUT2D eigenvalue weighted by molar-refractivity contribution is 7.91. The molecule has 1 aliphatic rings. The number of hydrogen-bond donors (Lipinski definition) is 2. The molecule has 1 saturated carbocycles. The van der Waals surface area contributed by atoms with Gasteiger partial charge in [-0.25, -0.2) is 17.9 Å². The van der Waals surface area contributed by atoms with Crippen molar-refractivity contribution in [2.75, 3.05) is 0 Å². The van der Waals surface area contributed by atoms with Crippen molar-refractivity contribution in [2.24, 2.45) is 5.41 Å². The molecule has 0 bridgehead atoms. The summed E-state index contributed by atoms with van der Waals surface area (Å²) in [5, 5.41) is 8.84. The molecule has 1 aromatic rings. The molecule has 0 aliphatic heterocycles. The number of aromatic carboxylic acids is 1. The quantitative estimate of drug-likeness (QED) is 0.894. The van der Waals surface area contributed by atoms with E-state index >= 15 is 0 Å². The second kappa shape index (κ2) is 5.46. The summed E-state index contributed by atoms with van der Waals surface area (Å²) in [5.41, 5.74) is 0.279. The summed E-state index contributed by atoms with van der Waals surface area (Å²) in [4.78, 5) is 10.8. The van der Waals surface area contributed by atoms with Gasteiger partial charge in [0.25, 0.3) is 0 Å². The van der Waals surface area contributed by atoms with Crippen LogP contribution in [0.15, 0.2) is 16.3 Å². The molecule has 0 amide bonds. The number of sulfonamides is 1. The van der Waals surface area contributed by atoms with Crippen LogP contribution in [0.4, 0.5) is 0 Å². The Hall–Kier alpha value is -0.920. The third-order valence-electron chi connectivity index (χ3n) is 3.72. The Morgan fingerprint density at radius 2 is 1.95 bits per heavy atom. The Morgan fingerprint density at radius 1 is 1.35 bits per heavy atom. The average Bonchev–Trinajstić information content (AvgIpc) is 2.82. The summed E-state index contributed by atoms with van der Waals surface area (Å²) in [5.74, 6) is -1.10. The Kier molecular flexibility index (Phi) is 4.22. The highest BCUT2D eigenvalue weighted by Crippen LogP contribution is 2.35. The zero-order valence-corrected chi connectivity index (χ0v) is 13.2. The maximum Gasteiger partial charge on any atom is 0.345 e. The van der Waals surface area contributed by atoms with Gasteiger partial charge in [0.1, 0.15) is 9.09 Å². The van der Waals surface area contributed by atoms with Crippen LogP contribution in [0.3, 0.4) is 0 Å². The van der Waals surface area contributed by atoms with E-state index in [1.807, 2.05) is 0 Å². The van der Waals surface area contributed by atoms with Crippen molar-refractivity contribution in [3.05, 3.63) is 17.0 Å². The van der Waals surface area contributed by atoms with E-state index in [0.29, 0.717) is 0 Å². The van der Waals surface area contributed by atoms with E-state index < -0.39 is 16.0 Å². The Labute approximate surface area is 123 Å². The topological polar surface area (TPSA) is 83.5 Å². The zero-order valence-electron chi connectivity index (χ0n) is 11.5. The van der Waals surface area contributed by atoms with Crippen LogP contribution >= 0.6 is 11.3 Å². The lowest BCUT2D eigenvalue weighted by Gasteiger charge is -2.34. The first-order valence-electron chi connectivity index (χ1n) is 6.55. The number of carboxylic acid groups (broad SMARTS) is 1. The predicted molar refractivity (Wildman–Crippen MR) is 77.6 cm³/mol. The molecule has 0 atom stereocenters. The van der Waals surface area contributed by atoms with Crippen LogP contribution in [-0.4, -0.2) is 25.5 Å². The molecular formula is C13H19NO4S2. The van der Waals surface area contributed by atoms with Gasteiger partial charge in [-0.2, -0.15) is 0 Å². The van der Waals surface area contributed by atoms with Crippen molar-refractivity contribution in [2.45, 2.75) is 49.8 Å². The Balaban J connectivity index is 2.06. The molecule has 1 aliphatic carbocycles. The molecule has 1 fully saturated rings. The first-order chi connectivity index (χ1) is 9.20. The van der Waals surface area contributed by atoms with Crippen molar-refractivity contribution in [3.8, 4) is 0 Å². The lowest BCUT2D eigenvalue weighted by molar-refractivity contribution is 0.0702. The molecule has 2 rings (SSSR count). The van der Waals surface area contributed by atoms with Gasteiger partial charge in [-0.1, -0.05) is 13.8 Å². The molecule has 0 saturated heterocycles. The lowest BCUT2D eigenvalue weighted by Crippen LogP contribution is -2.38. The van der Waals surface area contributed by atoms with Crippen molar-refractivity contribution in [1.29, 1.82) is 0 Å². The minimum atomic E-state index is -3.60. The first kappa shape index (κ1) is 15.5. The number of thiophene rings is 1. The molecule has 0 aromatic carbocycles. The van der Waals surface area contributed by atoms with Gasteiger partial charge in [0.05, 0.1) is 0 Å². The molecular weight excluding hydrogens is 298 g/mol. The molecule has 1 heterocycles. The van der Waals surface area contributed by atoms with Gasteiger partial charge in [-0.3, -0.25) is 0 Å². The number of carboxylic acids is 1. The van der Waals surface area contributed by atoms with Gasteiger partial charge < -0.3 is 5.11 Å². The number of carbonyl (C=O) groups is 1. The van der Waals surface area contributed by atoms with Crippen LogP contribution in [0, 0.1) is 5.41 Å². The second-order valence-corrected chi connectivity index (χ2v) is 9.01. The van der Waals surface area contributed by atoms with Gasteiger partial charge in [-0.05, 0) is 43.2 Å². The average molecular weight is 317 g/mol. The second-order valence-electron chi connectivity index (χ2n) is 5.98. The van der Waals surface area contributed by atoms with Gasteiger partial charge in [-0.15, -0.1) is 11.3 Å². The van der Waals surface area contributed by atoms with Crippen molar-refractivity contribution < 1.29 is 18.3 Å². The molecule has 112 valence electrons. The van der Waals surface area contributed by atoms with Crippen molar-refractivity contribution in [1.82, 2.24) is 4.72 Å². The summed E-state index contributed by atoms with van der Waals surface area (Å²) in [6, 6.07) is 2.62. The summed E-state index contributed by atoms with van der Waals surface area (Å²) in [6.07, 6.45) is 3.63. The fourth-order valence-electron chi connectivity index (χ4n) is 2.37. The molecule has 1 aromatic heterocycles. The van der Waals surface area contributed by atoms with Crippen molar-refractivity contribution in [3.63, 3.8) is 0 Å². The normalized spacial score (nSPS) is 19.9. The Morgan fingerprint density at radius 3 is 2.45 bits per heavy atom. The van der Waals surface area contributed by atoms with Crippen LogP contribution in [0.2, 0.25) is 0 Å². The van der Waals surface area contributed by atoms with Crippen LogP contribution < -0.4 is 4.72 Å². The minimum Gasteiger partial charge on any atom is -0.477 e. The maximum absolute atomic E-state index is 12.2. The largest absolute Gasteiger partial charge is 0.477 e. The van der Waals surface area contributed by atoms with E-state index in [2.05, 4.69) is 18.6 Å². The molecule has 0 spiro atoms. The minimum absolute atomic E-state index is 0.0372. The van der Waals surface area contributed by atoms with E-state index in [1.165, 1.54) is 12.1 Å². The van der Waals surface area contributed by atoms with E-state index in [1.54, 1.807) is 0 Å². The fraction of sp³-hybridized carbons (Fsp3) is 0.615. The van der Waals surface area contributed by atoms with E-state index in [9.17, 15) is 13.2 Å². The summed E-state index contributed by atoms with van der Waals surface area (Å²) in [6.45, 7) is 4.38. The summed E-state index contributed by atoms with van der Waals surface area (Å²) >= 11 is 0.786. The highest BCUT2D eigenvalue weighted by atomic mass is 32.2.